The number of carbonyl (C=O) groups excluding carboxylic acids is 2. The quantitative estimate of drug-likeness (QED) is 0.497. The fourth-order valence-corrected chi connectivity index (χ4v) is 1.33. The van der Waals surface area contributed by atoms with Crippen LogP contribution in [-0.4, -0.2) is 12.2 Å². The van der Waals surface area contributed by atoms with Crippen molar-refractivity contribution in [3.63, 3.8) is 0 Å². The molecule has 0 bridgehead atoms. The predicted octanol–water partition coefficient (Wildman–Crippen LogP) is 1.47. The van der Waals surface area contributed by atoms with Crippen molar-refractivity contribution in [2.75, 3.05) is 0 Å². The first-order valence-electron chi connectivity index (χ1n) is 2.70. The van der Waals surface area contributed by atoms with Gasteiger partial charge >= 0.3 is 5.91 Å². The molecule has 0 unspecified atom stereocenters. The van der Waals surface area contributed by atoms with Crippen LogP contribution in [0.3, 0.4) is 0 Å². The molecule has 1 heterocycles. The Bertz CT molecular complexity index is 305. The summed E-state index contributed by atoms with van der Waals surface area (Å²) in [6.45, 7) is 0. The van der Waals surface area contributed by atoms with E-state index < -0.39 is 5.91 Å². The Balaban J connectivity index is 3.11. The Morgan fingerprint density at radius 2 is 2.36 bits per heavy atom. The van der Waals surface area contributed by atoms with Crippen LogP contribution in [0.2, 0.25) is 0 Å². The number of aldehydes is 1. The molecule has 0 aliphatic rings. The molecule has 1 rings (SSSR count). The molecule has 0 radical (unpaired) electrons. The lowest BCUT2D eigenvalue weighted by molar-refractivity contribution is 0.0994. The van der Waals surface area contributed by atoms with Crippen LogP contribution in [0.1, 0.15) is 20.0 Å². The van der Waals surface area contributed by atoms with Gasteiger partial charge in [0.05, 0.1) is 10.4 Å². The van der Waals surface area contributed by atoms with Gasteiger partial charge in [-0.2, -0.15) is 0 Å². The Kier molecular flexibility index (Phi) is 2.22. The predicted molar refractivity (Wildman–Crippen MR) is 39.8 cm³/mol. The van der Waals surface area contributed by atoms with E-state index in [9.17, 15) is 14.5 Å². The molecule has 0 N–H and O–H groups in total. The van der Waals surface area contributed by atoms with E-state index in [1.807, 2.05) is 0 Å². The van der Waals surface area contributed by atoms with E-state index in [-0.39, 0.29) is 10.4 Å². The Labute approximate surface area is 65.8 Å². The summed E-state index contributed by atoms with van der Waals surface area (Å²) in [7, 11) is 0. The highest BCUT2D eigenvalue weighted by Crippen LogP contribution is 2.14. The van der Waals surface area contributed by atoms with Gasteiger partial charge in [0.1, 0.15) is 0 Å². The average Bonchev–Trinajstić information content (AvgIpc) is 2.50. The van der Waals surface area contributed by atoms with Gasteiger partial charge in [-0.05, 0) is 11.4 Å². The normalized spacial score (nSPS) is 9.09. The molecule has 0 fully saturated rings. The van der Waals surface area contributed by atoms with E-state index in [4.69, 9.17) is 0 Å². The first-order valence-corrected chi connectivity index (χ1v) is 3.58. The third-order valence-corrected chi connectivity index (χ3v) is 1.96. The van der Waals surface area contributed by atoms with Crippen LogP contribution in [0.4, 0.5) is 0 Å². The van der Waals surface area contributed by atoms with Crippen molar-refractivity contribution in [2.24, 2.45) is 5.18 Å². The van der Waals surface area contributed by atoms with Gasteiger partial charge in [-0.3, -0.25) is 9.59 Å². The fourth-order valence-electron chi connectivity index (χ4n) is 0.638. The molecule has 0 atom stereocenters. The number of hydrogen-bond donors (Lipinski definition) is 0. The lowest BCUT2D eigenvalue weighted by Crippen LogP contribution is -1.93. The minimum absolute atomic E-state index is 0.0833. The lowest BCUT2D eigenvalue weighted by Gasteiger charge is -1.84. The van der Waals surface area contributed by atoms with Crippen LogP contribution >= 0.6 is 11.3 Å². The van der Waals surface area contributed by atoms with Gasteiger partial charge in [0.25, 0.3) is 0 Å². The zero-order chi connectivity index (χ0) is 8.27. The maximum Gasteiger partial charge on any atom is 0.318 e. The molecule has 0 aromatic carbocycles. The molecule has 1 aromatic heterocycles. The van der Waals surface area contributed by atoms with E-state index in [2.05, 4.69) is 5.18 Å². The van der Waals surface area contributed by atoms with Crippen molar-refractivity contribution in [1.82, 2.24) is 0 Å². The Hall–Kier alpha value is -1.36. The molecule has 1 amide bonds. The summed E-state index contributed by atoms with van der Waals surface area (Å²) in [5.74, 6) is -0.895. The van der Waals surface area contributed by atoms with Gasteiger partial charge in [-0.25, -0.2) is 0 Å². The number of carbonyl (C=O) groups is 2. The van der Waals surface area contributed by atoms with Crippen molar-refractivity contribution in [1.29, 1.82) is 0 Å². The molecule has 56 valence electrons. The van der Waals surface area contributed by atoms with Crippen molar-refractivity contribution in [3.8, 4) is 0 Å². The number of rotatable bonds is 2. The Morgan fingerprint density at radius 1 is 1.64 bits per heavy atom. The van der Waals surface area contributed by atoms with Gasteiger partial charge in [-0.1, -0.05) is 0 Å². The smallest absolute Gasteiger partial charge is 0.297 e. The maximum atomic E-state index is 10.6. The van der Waals surface area contributed by atoms with Gasteiger partial charge in [0.15, 0.2) is 6.29 Å². The van der Waals surface area contributed by atoms with Crippen LogP contribution in [-0.2, 0) is 0 Å². The molecule has 5 heteroatoms. The summed E-state index contributed by atoms with van der Waals surface area (Å²) < 4.78 is 0. The Morgan fingerprint density at radius 3 is 2.91 bits per heavy atom. The SMILES string of the molecule is O=Cc1sccc1C(=O)N=O. The van der Waals surface area contributed by atoms with E-state index in [0.29, 0.717) is 6.29 Å². The first kappa shape index (κ1) is 7.74. The summed E-state index contributed by atoms with van der Waals surface area (Å²) in [5, 5.41) is 3.76. The van der Waals surface area contributed by atoms with Crippen molar-refractivity contribution < 1.29 is 9.59 Å². The maximum absolute atomic E-state index is 10.6. The third-order valence-electron chi connectivity index (χ3n) is 1.12. The largest absolute Gasteiger partial charge is 0.318 e. The van der Waals surface area contributed by atoms with Crippen LogP contribution < -0.4 is 0 Å². The van der Waals surface area contributed by atoms with E-state index in [0.717, 1.165) is 11.3 Å². The topological polar surface area (TPSA) is 63.6 Å². The number of nitroso groups, excluding NO2 is 1. The summed E-state index contributed by atoms with van der Waals surface area (Å²) in [6, 6.07) is 1.40. The van der Waals surface area contributed by atoms with Crippen molar-refractivity contribution >= 4 is 23.5 Å². The number of hydrogen-bond acceptors (Lipinski definition) is 4. The number of amides is 1. The molecule has 0 saturated heterocycles. The third kappa shape index (κ3) is 1.38. The molecular formula is C6H3NO3S. The molecule has 0 aliphatic carbocycles. The summed E-state index contributed by atoms with van der Waals surface area (Å²) in [6.07, 6.45) is 0.531. The number of thiophene rings is 1. The monoisotopic (exact) mass is 169 g/mol. The molecule has 4 nitrogen and oxygen atoms in total. The first-order chi connectivity index (χ1) is 5.29. The summed E-state index contributed by atoms with van der Waals surface area (Å²) in [4.78, 5) is 30.9. The van der Waals surface area contributed by atoms with Crippen LogP contribution in [0, 0.1) is 4.91 Å². The van der Waals surface area contributed by atoms with Crippen LogP contribution in [0.5, 0.6) is 0 Å². The molecule has 0 saturated carbocycles. The summed E-state index contributed by atoms with van der Waals surface area (Å²) >= 11 is 1.11. The minimum Gasteiger partial charge on any atom is -0.297 e. The molecular weight excluding hydrogens is 166 g/mol. The van der Waals surface area contributed by atoms with E-state index >= 15 is 0 Å². The second kappa shape index (κ2) is 3.16. The van der Waals surface area contributed by atoms with Gasteiger partial charge in [0, 0.05) is 5.18 Å². The van der Waals surface area contributed by atoms with E-state index in [1.54, 1.807) is 5.38 Å². The average molecular weight is 169 g/mol. The molecule has 1 aromatic rings. The molecule has 0 spiro atoms. The second-order valence-electron chi connectivity index (χ2n) is 1.71. The highest BCUT2D eigenvalue weighted by atomic mass is 32.1. The number of nitrogens with zero attached hydrogens (tertiary/aromatic N) is 1. The molecule has 11 heavy (non-hydrogen) atoms. The van der Waals surface area contributed by atoms with Gasteiger partial charge < -0.3 is 0 Å². The zero-order valence-electron chi connectivity index (χ0n) is 5.31. The second-order valence-corrected chi connectivity index (χ2v) is 2.66. The van der Waals surface area contributed by atoms with Crippen LogP contribution in [0.15, 0.2) is 16.6 Å². The van der Waals surface area contributed by atoms with Crippen molar-refractivity contribution in [2.45, 2.75) is 0 Å². The van der Waals surface area contributed by atoms with Crippen LogP contribution in [0.25, 0.3) is 0 Å². The highest BCUT2D eigenvalue weighted by Gasteiger charge is 2.11. The van der Waals surface area contributed by atoms with Crippen molar-refractivity contribution in [3.05, 3.63) is 26.8 Å². The van der Waals surface area contributed by atoms with Gasteiger partial charge in [-0.15, -0.1) is 16.2 Å². The zero-order valence-corrected chi connectivity index (χ0v) is 6.13. The van der Waals surface area contributed by atoms with Gasteiger partial charge in [0.2, 0.25) is 0 Å². The fraction of sp³-hybridized carbons (Fsp3) is 0. The van der Waals surface area contributed by atoms with E-state index in [1.165, 1.54) is 6.07 Å². The summed E-state index contributed by atoms with van der Waals surface area (Å²) in [5.41, 5.74) is 0.0833. The minimum atomic E-state index is -0.895. The highest BCUT2D eigenvalue weighted by molar-refractivity contribution is 7.12. The lowest BCUT2D eigenvalue weighted by atomic mass is 10.2. The molecule has 0 aliphatic heterocycles. The standard InChI is InChI=1S/C6H3NO3S/c8-3-5-4(1-2-11-5)6(9)7-10/h1-3H.